The van der Waals surface area contributed by atoms with Crippen molar-refractivity contribution in [3.05, 3.63) is 41.0 Å². The molecule has 0 N–H and O–H groups in total. The smallest absolute Gasteiger partial charge is 0.310 e. The van der Waals surface area contributed by atoms with Gasteiger partial charge in [-0.1, -0.05) is 20.8 Å². The van der Waals surface area contributed by atoms with Crippen LogP contribution in [0.4, 0.5) is 0 Å². The van der Waals surface area contributed by atoms with Crippen LogP contribution in [0.5, 0.6) is 28.7 Å². The largest absolute Gasteiger partial charge is 0.493 e. The van der Waals surface area contributed by atoms with Crippen LogP contribution < -0.4 is 23.7 Å². The third kappa shape index (κ3) is 7.74. The Morgan fingerprint density at radius 2 is 1.28 bits per heavy atom. The fraction of sp³-hybridized carbons (Fsp3) is 0.590. The Labute approximate surface area is 313 Å². The van der Waals surface area contributed by atoms with E-state index in [2.05, 4.69) is 0 Å². The van der Waals surface area contributed by atoms with Gasteiger partial charge >= 0.3 is 23.9 Å². The third-order valence-corrected chi connectivity index (χ3v) is 10.0. The van der Waals surface area contributed by atoms with Crippen molar-refractivity contribution in [1.29, 1.82) is 0 Å². The highest BCUT2D eigenvalue weighted by atomic mass is 16.7. The van der Waals surface area contributed by atoms with Gasteiger partial charge in [0, 0.05) is 31.1 Å². The predicted octanol–water partition coefficient (Wildman–Crippen LogP) is 4.93. The van der Waals surface area contributed by atoms with Gasteiger partial charge < -0.3 is 52.1 Å². The first-order chi connectivity index (χ1) is 26.1. The number of carbonyl (C=O) groups is 4. The quantitative estimate of drug-likeness (QED) is 0.177. The molecule has 0 amide bonds. The number of methoxy groups -OCH3 is 3. The number of fused-ring (bicyclic) bond motifs is 3. The number of hydrogen-bond acceptors (Lipinski definition) is 15. The molecule has 8 atom stereocenters. The molecule has 54 heavy (non-hydrogen) atoms. The molecule has 0 aromatic heterocycles. The number of ether oxygens (including phenoxy) is 11. The fourth-order valence-electron chi connectivity index (χ4n) is 7.60. The Kier molecular flexibility index (Phi) is 12.4. The van der Waals surface area contributed by atoms with E-state index in [9.17, 15) is 19.2 Å². The number of hydrogen-bond donors (Lipinski definition) is 0. The topological polar surface area (TPSA) is 170 Å². The van der Waals surface area contributed by atoms with Gasteiger partial charge in [-0.2, -0.15) is 0 Å². The van der Waals surface area contributed by atoms with Crippen molar-refractivity contribution in [1.82, 2.24) is 0 Å². The summed E-state index contributed by atoms with van der Waals surface area (Å²) in [5.74, 6) is -1.88. The second-order valence-corrected chi connectivity index (χ2v) is 13.5. The van der Waals surface area contributed by atoms with Gasteiger partial charge in [-0.05, 0) is 60.2 Å². The van der Waals surface area contributed by atoms with Gasteiger partial charge in [-0.3, -0.25) is 19.2 Å². The van der Waals surface area contributed by atoms with E-state index in [1.807, 2.05) is 26.8 Å². The van der Waals surface area contributed by atoms with E-state index in [4.69, 9.17) is 52.1 Å². The first-order valence-corrected chi connectivity index (χ1v) is 18.4. The molecule has 294 valence electrons. The van der Waals surface area contributed by atoms with Gasteiger partial charge in [0.1, 0.15) is 0 Å². The molecule has 2 aromatic carbocycles. The van der Waals surface area contributed by atoms with E-state index in [-0.39, 0.29) is 39.3 Å². The summed E-state index contributed by atoms with van der Waals surface area (Å²) in [4.78, 5) is 52.6. The maximum Gasteiger partial charge on any atom is 0.310 e. The van der Waals surface area contributed by atoms with Gasteiger partial charge in [-0.15, -0.1) is 0 Å². The lowest BCUT2D eigenvalue weighted by atomic mass is 9.66. The molecular weight excluding hydrogens is 708 g/mol. The zero-order valence-corrected chi connectivity index (χ0v) is 31.4. The summed E-state index contributed by atoms with van der Waals surface area (Å²) >= 11 is 0. The second-order valence-electron chi connectivity index (χ2n) is 13.5. The van der Waals surface area contributed by atoms with Crippen LogP contribution in [-0.2, 0) is 47.6 Å². The lowest BCUT2D eigenvalue weighted by Crippen LogP contribution is -2.59. The average molecular weight is 757 g/mol. The minimum absolute atomic E-state index is 0.00214. The van der Waals surface area contributed by atoms with Gasteiger partial charge in [0.05, 0.1) is 46.6 Å². The summed E-state index contributed by atoms with van der Waals surface area (Å²) in [7, 11) is 4.54. The Morgan fingerprint density at radius 3 is 1.85 bits per heavy atom. The van der Waals surface area contributed by atoms with Crippen LogP contribution in [0.15, 0.2) is 24.3 Å². The summed E-state index contributed by atoms with van der Waals surface area (Å²) < 4.78 is 64.9. The van der Waals surface area contributed by atoms with Crippen molar-refractivity contribution in [2.24, 2.45) is 11.8 Å². The molecule has 0 unspecified atom stereocenters. The average Bonchev–Trinajstić information content (AvgIpc) is 3.78. The highest BCUT2D eigenvalue weighted by Gasteiger charge is 2.56. The van der Waals surface area contributed by atoms with Crippen LogP contribution in [0.25, 0.3) is 0 Å². The number of cyclic esters (lactones) is 1. The number of esters is 4. The molecule has 3 aliphatic heterocycles. The van der Waals surface area contributed by atoms with E-state index in [0.29, 0.717) is 64.7 Å². The van der Waals surface area contributed by atoms with Gasteiger partial charge in [-0.25, -0.2) is 0 Å². The molecule has 4 aliphatic rings. The molecular formula is C39H48O15. The predicted molar refractivity (Wildman–Crippen MR) is 186 cm³/mol. The number of carbonyl (C=O) groups excluding carboxylic acids is 4. The zero-order valence-electron chi connectivity index (χ0n) is 31.4. The van der Waals surface area contributed by atoms with Crippen molar-refractivity contribution in [2.45, 2.75) is 95.9 Å². The molecule has 1 aliphatic carbocycles. The van der Waals surface area contributed by atoms with E-state index in [1.54, 1.807) is 18.2 Å². The van der Waals surface area contributed by atoms with Crippen molar-refractivity contribution < 1.29 is 71.3 Å². The molecule has 0 saturated carbocycles. The Morgan fingerprint density at radius 1 is 0.704 bits per heavy atom. The van der Waals surface area contributed by atoms with Crippen LogP contribution in [-0.4, -0.2) is 89.8 Å². The van der Waals surface area contributed by atoms with E-state index < -0.39 is 72.3 Å². The van der Waals surface area contributed by atoms with Crippen molar-refractivity contribution in [2.75, 3.05) is 41.3 Å². The Bertz CT molecular complexity index is 1680. The summed E-state index contributed by atoms with van der Waals surface area (Å²) in [6.07, 6.45) is -4.04. The van der Waals surface area contributed by atoms with E-state index >= 15 is 0 Å². The fourth-order valence-corrected chi connectivity index (χ4v) is 7.60. The first-order valence-electron chi connectivity index (χ1n) is 18.4. The highest BCUT2D eigenvalue weighted by Crippen LogP contribution is 2.57. The molecule has 6 rings (SSSR count). The van der Waals surface area contributed by atoms with Crippen LogP contribution in [0.3, 0.4) is 0 Å². The van der Waals surface area contributed by atoms with Gasteiger partial charge in [0.15, 0.2) is 47.6 Å². The Balaban J connectivity index is 1.44. The molecule has 3 heterocycles. The third-order valence-electron chi connectivity index (χ3n) is 10.0. The van der Waals surface area contributed by atoms with Crippen molar-refractivity contribution >= 4 is 23.9 Å². The summed E-state index contributed by atoms with van der Waals surface area (Å²) in [5, 5.41) is 0. The molecule has 0 radical (unpaired) electrons. The van der Waals surface area contributed by atoms with E-state index in [1.165, 1.54) is 21.3 Å². The molecule has 15 heteroatoms. The summed E-state index contributed by atoms with van der Waals surface area (Å²) in [6, 6.07) is 7.23. The Hall–Kier alpha value is -4.76. The molecule has 2 aromatic rings. The number of benzene rings is 2. The monoisotopic (exact) mass is 756 g/mol. The molecule has 0 spiro atoms. The molecule has 0 bridgehead atoms. The lowest BCUT2D eigenvalue weighted by molar-refractivity contribution is -0.298. The van der Waals surface area contributed by atoms with E-state index in [0.717, 1.165) is 0 Å². The van der Waals surface area contributed by atoms with Gasteiger partial charge in [0.2, 0.25) is 12.5 Å². The highest BCUT2D eigenvalue weighted by molar-refractivity contribution is 5.79. The normalized spacial score (nSPS) is 26.5. The van der Waals surface area contributed by atoms with Crippen LogP contribution in [0.2, 0.25) is 0 Å². The molecule has 2 fully saturated rings. The summed E-state index contributed by atoms with van der Waals surface area (Å²) in [5.41, 5.74) is 2.03. The second kappa shape index (κ2) is 17.1. The molecule has 2 saturated heterocycles. The van der Waals surface area contributed by atoms with Crippen LogP contribution >= 0.6 is 0 Å². The maximum atomic E-state index is 13.8. The van der Waals surface area contributed by atoms with Crippen LogP contribution in [0, 0.1) is 11.8 Å². The first kappa shape index (κ1) is 38.9. The number of rotatable bonds is 15. The van der Waals surface area contributed by atoms with Crippen molar-refractivity contribution in [3.63, 3.8) is 0 Å². The maximum absolute atomic E-state index is 13.8. The minimum atomic E-state index is -1.33. The zero-order chi connectivity index (χ0) is 38.5. The van der Waals surface area contributed by atoms with Crippen molar-refractivity contribution in [3.8, 4) is 28.7 Å². The van der Waals surface area contributed by atoms with Crippen LogP contribution in [0.1, 0.15) is 88.0 Å². The summed E-state index contributed by atoms with van der Waals surface area (Å²) in [6.45, 7) is 5.27. The molecule has 15 nitrogen and oxygen atoms in total. The standard InChI is InChI=1S/C39H48O15/c1-7-10-29(40)51-28-18-48-39(37(53-31(42)12-9-3)36(28)52-30(41)11-8-2)54-34-22-16-25-24(49-19-50-25)15-21(22)32(33-23(34)17-47-38(33)43)20-13-26(44-4)35(46-6)27(14-20)45-5/h13-16,23,28,32-34,36-37,39H,7-12,17-19H2,1-6H3/t23-,28+,32+,33-,34+,36-,37-,39+/m0/s1. The van der Waals surface area contributed by atoms with Gasteiger partial charge in [0.25, 0.3) is 0 Å². The SMILES string of the molecule is CCCC(=O)O[C@@H]1[C@@H](O[C@@H]2c3cc4c(cc3[C@@H](c3cc(OC)c(OC)c(OC)c3)[C@H]3C(=O)OC[C@@H]32)OCO4)OC[C@@H](OC(=O)CCC)[C@@H]1OC(=O)CCC. The lowest BCUT2D eigenvalue weighted by Gasteiger charge is -2.44. The minimum Gasteiger partial charge on any atom is -0.493 e.